The third kappa shape index (κ3) is 4.82. The molecule has 0 aliphatic carbocycles. The molecule has 0 unspecified atom stereocenters. The molecule has 0 saturated heterocycles. The Kier molecular flexibility index (Phi) is 5.59. The molecule has 1 aliphatic heterocycles. The number of carbonyl (C=O) groups is 1. The Balaban J connectivity index is 1.72. The zero-order chi connectivity index (χ0) is 20.3. The maximum Gasteiger partial charge on any atom is 0.491 e. The van der Waals surface area contributed by atoms with Crippen LogP contribution in [0.3, 0.4) is 0 Å². The first-order valence-corrected chi connectivity index (χ1v) is 8.72. The third-order valence-electron chi connectivity index (χ3n) is 3.83. The van der Waals surface area contributed by atoms with E-state index < -0.39 is 18.7 Å². The maximum atomic E-state index is 11.9. The second-order valence-electron chi connectivity index (χ2n) is 7.24. The zero-order valence-corrected chi connectivity index (χ0v) is 15.9. The molecule has 8 heteroatoms. The summed E-state index contributed by atoms with van der Waals surface area (Å²) in [6.45, 7) is 12.6. The minimum Gasteiger partial charge on any atom is -0.493 e. The van der Waals surface area contributed by atoms with E-state index in [9.17, 15) is 9.82 Å². The van der Waals surface area contributed by atoms with E-state index in [0.717, 1.165) is 11.0 Å². The molecule has 0 bridgehead atoms. The summed E-state index contributed by atoms with van der Waals surface area (Å²) in [6.07, 6.45) is 0. The number of hydrogen-bond acceptors (Lipinski definition) is 6. The molecule has 3 rings (SSSR count). The lowest BCUT2D eigenvalue weighted by Gasteiger charge is -2.19. The third-order valence-corrected chi connectivity index (χ3v) is 3.83. The molecule has 7 nitrogen and oxygen atoms in total. The van der Waals surface area contributed by atoms with Crippen LogP contribution in [0, 0.1) is 6.57 Å². The average molecular weight is 381 g/mol. The molecule has 0 radical (unpaired) electrons. The number of hydrogen-bond donors (Lipinski definition) is 1. The summed E-state index contributed by atoms with van der Waals surface area (Å²) in [4.78, 5) is 15.3. The van der Waals surface area contributed by atoms with Gasteiger partial charge in [-0.1, -0.05) is 6.07 Å². The fourth-order valence-corrected chi connectivity index (χ4v) is 2.68. The van der Waals surface area contributed by atoms with Crippen LogP contribution < -0.4 is 14.9 Å². The largest absolute Gasteiger partial charge is 0.493 e. The molecular formula is C20H20BNO6. The van der Waals surface area contributed by atoms with Crippen LogP contribution in [0.2, 0.25) is 0 Å². The molecule has 144 valence electrons. The van der Waals surface area contributed by atoms with Crippen molar-refractivity contribution in [3.63, 3.8) is 0 Å². The van der Waals surface area contributed by atoms with Gasteiger partial charge in [0.1, 0.15) is 22.8 Å². The minimum atomic E-state index is -0.908. The first kappa shape index (κ1) is 19.7. The van der Waals surface area contributed by atoms with Gasteiger partial charge < -0.3 is 23.9 Å². The second kappa shape index (κ2) is 7.93. The average Bonchev–Trinajstić information content (AvgIpc) is 2.99. The van der Waals surface area contributed by atoms with E-state index in [1.165, 1.54) is 0 Å². The smallest absolute Gasteiger partial charge is 0.491 e. The predicted octanol–water partition coefficient (Wildman–Crippen LogP) is 2.97. The Hall–Kier alpha value is -3.02. The van der Waals surface area contributed by atoms with Gasteiger partial charge >= 0.3 is 13.1 Å². The van der Waals surface area contributed by atoms with Gasteiger partial charge in [0.2, 0.25) is 5.69 Å². The van der Waals surface area contributed by atoms with Crippen molar-refractivity contribution in [1.82, 2.24) is 0 Å². The Labute approximate surface area is 163 Å². The Bertz CT molecular complexity index is 931. The molecule has 0 aromatic heterocycles. The van der Waals surface area contributed by atoms with E-state index in [-0.39, 0.29) is 18.0 Å². The summed E-state index contributed by atoms with van der Waals surface area (Å²) in [5.41, 5.74) is 1.22. The van der Waals surface area contributed by atoms with Crippen LogP contribution in [0.4, 0.5) is 5.69 Å². The summed E-state index contributed by atoms with van der Waals surface area (Å²) in [5, 5.41) is 9.68. The van der Waals surface area contributed by atoms with Gasteiger partial charge in [-0.25, -0.2) is 9.64 Å². The second-order valence-corrected chi connectivity index (χ2v) is 7.24. The molecule has 0 atom stereocenters. The first-order valence-electron chi connectivity index (χ1n) is 8.72. The number of esters is 1. The number of ether oxygens (including phenoxy) is 3. The number of carbonyl (C=O) groups excluding carboxylic acids is 1. The molecular weight excluding hydrogens is 361 g/mol. The van der Waals surface area contributed by atoms with Crippen LogP contribution in [-0.2, 0) is 20.8 Å². The fraction of sp³-hybridized carbons (Fsp3) is 0.300. The highest BCUT2D eigenvalue weighted by Gasteiger charge is 2.27. The monoisotopic (exact) mass is 381 g/mol. The van der Waals surface area contributed by atoms with Gasteiger partial charge in [-0.15, -0.1) is 0 Å². The van der Waals surface area contributed by atoms with Gasteiger partial charge in [-0.3, -0.25) is 0 Å². The Morgan fingerprint density at radius 2 is 1.96 bits per heavy atom. The SMILES string of the molecule is [C-]#[N+]c1ccc(Oc2ccc3c(c2)COB3O)cc1OCC(=O)OC(C)(C)C. The minimum absolute atomic E-state index is 0.235. The highest BCUT2D eigenvalue weighted by molar-refractivity contribution is 6.61. The highest BCUT2D eigenvalue weighted by Crippen LogP contribution is 2.34. The van der Waals surface area contributed by atoms with Crippen molar-refractivity contribution in [3.05, 3.63) is 53.4 Å². The highest BCUT2D eigenvalue weighted by atomic mass is 16.6. The van der Waals surface area contributed by atoms with E-state index in [0.29, 0.717) is 18.1 Å². The van der Waals surface area contributed by atoms with Gasteiger partial charge in [0.15, 0.2) is 6.61 Å². The summed E-state index contributed by atoms with van der Waals surface area (Å²) in [7, 11) is -0.908. The Morgan fingerprint density at radius 3 is 2.68 bits per heavy atom. The van der Waals surface area contributed by atoms with Crippen molar-refractivity contribution in [2.24, 2.45) is 0 Å². The molecule has 2 aromatic carbocycles. The van der Waals surface area contributed by atoms with Gasteiger partial charge in [0.25, 0.3) is 0 Å². The van der Waals surface area contributed by atoms with Gasteiger partial charge in [0, 0.05) is 6.07 Å². The van der Waals surface area contributed by atoms with E-state index in [2.05, 4.69) is 4.85 Å². The lowest BCUT2D eigenvalue weighted by Crippen LogP contribution is -2.27. The van der Waals surface area contributed by atoms with Crippen molar-refractivity contribution >= 4 is 24.2 Å². The van der Waals surface area contributed by atoms with Crippen LogP contribution in [0.1, 0.15) is 26.3 Å². The van der Waals surface area contributed by atoms with Crippen LogP contribution >= 0.6 is 0 Å². The normalized spacial score (nSPS) is 12.9. The molecule has 0 fully saturated rings. The Morgan fingerprint density at radius 1 is 1.25 bits per heavy atom. The molecule has 2 aromatic rings. The fourth-order valence-electron chi connectivity index (χ4n) is 2.68. The van der Waals surface area contributed by atoms with Gasteiger partial charge in [-0.2, -0.15) is 0 Å². The van der Waals surface area contributed by atoms with E-state index in [4.69, 9.17) is 25.4 Å². The number of nitrogens with zero attached hydrogens (tertiary/aromatic N) is 1. The topological polar surface area (TPSA) is 78.6 Å². The van der Waals surface area contributed by atoms with Crippen LogP contribution in [0.5, 0.6) is 17.2 Å². The van der Waals surface area contributed by atoms with Crippen molar-refractivity contribution < 1.29 is 28.7 Å². The predicted molar refractivity (Wildman–Crippen MR) is 103 cm³/mol. The molecule has 1 heterocycles. The lowest BCUT2D eigenvalue weighted by atomic mass is 9.80. The number of fused-ring (bicyclic) bond motifs is 1. The molecule has 0 spiro atoms. The van der Waals surface area contributed by atoms with E-state index in [1.54, 1.807) is 57.2 Å². The van der Waals surface area contributed by atoms with Crippen LogP contribution in [0.15, 0.2) is 36.4 Å². The van der Waals surface area contributed by atoms with Crippen molar-refractivity contribution in [1.29, 1.82) is 0 Å². The molecule has 1 N–H and O–H groups in total. The quantitative estimate of drug-likeness (QED) is 0.488. The van der Waals surface area contributed by atoms with E-state index in [1.807, 2.05) is 0 Å². The molecule has 28 heavy (non-hydrogen) atoms. The van der Waals surface area contributed by atoms with Gasteiger partial charge in [-0.05, 0) is 56.1 Å². The number of rotatable bonds is 5. The molecule has 0 amide bonds. The zero-order valence-electron chi connectivity index (χ0n) is 15.9. The lowest BCUT2D eigenvalue weighted by molar-refractivity contribution is -0.157. The number of benzene rings is 2. The standard InChI is InChI=1S/C20H20BNO6/c1-20(2,3)28-19(23)12-25-18-10-15(6-8-17(18)22-4)27-14-5-7-16-13(9-14)11-26-21(16)24/h5-10,24H,11-12H2,1-3H3. The molecule has 1 aliphatic rings. The first-order chi connectivity index (χ1) is 13.2. The van der Waals surface area contributed by atoms with Gasteiger partial charge in [0.05, 0.1) is 13.2 Å². The van der Waals surface area contributed by atoms with Crippen molar-refractivity contribution in [2.45, 2.75) is 33.0 Å². The van der Waals surface area contributed by atoms with Crippen molar-refractivity contribution in [2.75, 3.05) is 6.61 Å². The van der Waals surface area contributed by atoms with Crippen molar-refractivity contribution in [3.8, 4) is 17.2 Å². The van der Waals surface area contributed by atoms with Crippen LogP contribution in [-0.4, -0.2) is 30.3 Å². The summed E-state index contributed by atoms with van der Waals surface area (Å²) in [5.74, 6) is 0.723. The summed E-state index contributed by atoms with van der Waals surface area (Å²) >= 11 is 0. The van der Waals surface area contributed by atoms with Crippen LogP contribution in [0.25, 0.3) is 4.85 Å². The summed E-state index contributed by atoms with van der Waals surface area (Å²) in [6, 6.07) is 10.0. The molecule has 0 saturated carbocycles. The maximum absolute atomic E-state index is 11.9. The summed E-state index contributed by atoms with van der Waals surface area (Å²) < 4.78 is 21.7. The van der Waals surface area contributed by atoms with E-state index >= 15 is 0 Å².